The average Bonchev–Trinajstić information content (AvgIpc) is 1.88. The van der Waals surface area contributed by atoms with E-state index in [0.29, 0.717) is 0 Å². The third kappa shape index (κ3) is 1.94. The highest BCUT2D eigenvalue weighted by Crippen LogP contribution is 2.08. The monoisotopic (exact) mass is 143 g/mol. The minimum Gasteiger partial charge on any atom is -0.389 e. The Hall–Kier alpha value is -0.120. The minimum absolute atomic E-state index is 0.140. The summed E-state index contributed by atoms with van der Waals surface area (Å²) < 4.78 is 0. The normalized spacial score (nSPS) is 28.5. The molecule has 3 nitrogen and oxygen atoms in total. The van der Waals surface area contributed by atoms with Crippen molar-refractivity contribution in [2.45, 2.75) is 25.5 Å². The summed E-state index contributed by atoms with van der Waals surface area (Å²) in [7, 11) is 0. The van der Waals surface area contributed by atoms with Crippen molar-refractivity contribution in [2.75, 3.05) is 19.6 Å². The van der Waals surface area contributed by atoms with Gasteiger partial charge in [-0.25, -0.2) is 5.32 Å². The van der Waals surface area contributed by atoms with E-state index >= 15 is 0 Å². The molecule has 1 heterocycles. The summed E-state index contributed by atoms with van der Waals surface area (Å²) >= 11 is 0. The van der Waals surface area contributed by atoms with Crippen molar-refractivity contribution in [1.29, 1.82) is 0 Å². The second-order valence-electron chi connectivity index (χ2n) is 3.29. The molecule has 10 heavy (non-hydrogen) atoms. The molecule has 0 bridgehead atoms. The summed E-state index contributed by atoms with van der Waals surface area (Å²) in [6.07, 6.45) is 0. The third-order valence-electron chi connectivity index (χ3n) is 1.83. The lowest BCUT2D eigenvalue weighted by Crippen LogP contribution is -2.56. The van der Waals surface area contributed by atoms with Gasteiger partial charge in [-0.3, -0.25) is 0 Å². The highest BCUT2D eigenvalue weighted by molar-refractivity contribution is 4.87. The van der Waals surface area contributed by atoms with Crippen LogP contribution >= 0.6 is 0 Å². The average molecular weight is 143 g/mol. The second-order valence-corrected chi connectivity index (χ2v) is 3.29. The number of hydrogen-bond acceptors (Lipinski definition) is 2. The molecule has 1 unspecified atom stereocenters. The molecule has 2 N–H and O–H groups in total. The summed E-state index contributed by atoms with van der Waals surface area (Å²) in [5.74, 6) is 0. The zero-order valence-electron chi connectivity index (χ0n) is 6.59. The molecule has 0 aliphatic carbocycles. The Labute approximate surface area is 61.8 Å². The Morgan fingerprint density at radius 1 is 1.60 bits per heavy atom. The molecule has 1 rings (SSSR count). The standard InChI is InChI=1S/C7H15N2O/c1-7(2,10)6-5-8-3-4-9-6/h6,9-10H,3-5H2,1-2H3. The highest BCUT2D eigenvalue weighted by atomic mass is 16.3. The Bertz CT molecular complexity index is 103. The number of piperazine rings is 1. The Morgan fingerprint density at radius 3 is 2.60 bits per heavy atom. The van der Waals surface area contributed by atoms with E-state index < -0.39 is 5.60 Å². The number of nitrogens with one attached hydrogen (secondary N) is 1. The maximum atomic E-state index is 9.52. The Balaban J connectivity index is 2.39. The first-order valence-electron chi connectivity index (χ1n) is 3.70. The number of aliphatic hydroxyl groups is 1. The van der Waals surface area contributed by atoms with E-state index in [1.807, 2.05) is 13.8 Å². The van der Waals surface area contributed by atoms with Gasteiger partial charge in [0.15, 0.2) is 0 Å². The van der Waals surface area contributed by atoms with Gasteiger partial charge in [0.05, 0.1) is 5.60 Å². The molecule has 0 spiro atoms. The zero-order chi connectivity index (χ0) is 7.61. The summed E-state index contributed by atoms with van der Waals surface area (Å²) in [5, 5.41) is 16.9. The molecule has 1 radical (unpaired) electrons. The highest BCUT2D eigenvalue weighted by Gasteiger charge is 2.27. The van der Waals surface area contributed by atoms with Gasteiger partial charge in [-0.15, -0.1) is 0 Å². The van der Waals surface area contributed by atoms with E-state index in [2.05, 4.69) is 10.6 Å². The van der Waals surface area contributed by atoms with Crippen molar-refractivity contribution in [2.24, 2.45) is 0 Å². The lowest BCUT2D eigenvalue weighted by Gasteiger charge is -2.33. The molecule has 1 aliphatic heterocycles. The van der Waals surface area contributed by atoms with Crippen molar-refractivity contribution >= 4 is 0 Å². The van der Waals surface area contributed by atoms with E-state index in [9.17, 15) is 5.11 Å². The molecule has 59 valence electrons. The maximum absolute atomic E-state index is 9.52. The van der Waals surface area contributed by atoms with Crippen LogP contribution in [-0.4, -0.2) is 36.4 Å². The Kier molecular flexibility index (Phi) is 2.28. The lowest BCUT2D eigenvalue weighted by molar-refractivity contribution is 0.0323. The fourth-order valence-electron chi connectivity index (χ4n) is 1.08. The summed E-state index contributed by atoms with van der Waals surface area (Å²) in [6.45, 7) is 6.14. The predicted molar refractivity (Wildman–Crippen MR) is 40.0 cm³/mol. The Morgan fingerprint density at radius 2 is 2.30 bits per heavy atom. The molecule has 1 fully saturated rings. The van der Waals surface area contributed by atoms with E-state index in [1.54, 1.807) is 0 Å². The van der Waals surface area contributed by atoms with Crippen molar-refractivity contribution in [3.8, 4) is 0 Å². The first-order chi connectivity index (χ1) is 4.61. The van der Waals surface area contributed by atoms with Gasteiger partial charge in [0.25, 0.3) is 0 Å². The molecular formula is C7H15N2O. The van der Waals surface area contributed by atoms with Gasteiger partial charge >= 0.3 is 0 Å². The van der Waals surface area contributed by atoms with Crippen LogP contribution in [-0.2, 0) is 0 Å². The first-order valence-corrected chi connectivity index (χ1v) is 3.70. The number of rotatable bonds is 1. The lowest BCUT2D eigenvalue weighted by atomic mass is 9.98. The van der Waals surface area contributed by atoms with Crippen molar-refractivity contribution in [3.05, 3.63) is 0 Å². The van der Waals surface area contributed by atoms with E-state index in [0.717, 1.165) is 19.6 Å². The molecule has 0 amide bonds. The van der Waals surface area contributed by atoms with Crippen LogP contribution < -0.4 is 10.6 Å². The summed E-state index contributed by atoms with van der Waals surface area (Å²) in [5.41, 5.74) is -0.635. The molecule has 3 heteroatoms. The minimum atomic E-state index is -0.635. The van der Waals surface area contributed by atoms with E-state index in [4.69, 9.17) is 0 Å². The van der Waals surface area contributed by atoms with Crippen molar-refractivity contribution in [3.63, 3.8) is 0 Å². The zero-order valence-corrected chi connectivity index (χ0v) is 6.59. The van der Waals surface area contributed by atoms with Crippen LogP contribution in [0.3, 0.4) is 0 Å². The van der Waals surface area contributed by atoms with E-state index in [-0.39, 0.29) is 6.04 Å². The van der Waals surface area contributed by atoms with Gasteiger partial charge in [-0.2, -0.15) is 0 Å². The molecular weight excluding hydrogens is 128 g/mol. The van der Waals surface area contributed by atoms with Gasteiger partial charge < -0.3 is 10.4 Å². The van der Waals surface area contributed by atoms with Crippen LogP contribution in [0.5, 0.6) is 0 Å². The van der Waals surface area contributed by atoms with Crippen LogP contribution in [0.2, 0.25) is 0 Å². The summed E-state index contributed by atoms with van der Waals surface area (Å²) in [6, 6.07) is 0.140. The van der Waals surface area contributed by atoms with Crippen LogP contribution in [0.25, 0.3) is 0 Å². The van der Waals surface area contributed by atoms with Gasteiger partial charge in [0, 0.05) is 25.7 Å². The molecule has 0 aromatic rings. The predicted octanol–water partition coefficient (Wildman–Crippen LogP) is -0.667. The van der Waals surface area contributed by atoms with Crippen LogP contribution in [0.4, 0.5) is 0 Å². The molecule has 0 aromatic heterocycles. The molecule has 1 saturated heterocycles. The second kappa shape index (κ2) is 2.86. The third-order valence-corrected chi connectivity index (χ3v) is 1.83. The van der Waals surface area contributed by atoms with Crippen molar-refractivity contribution in [1.82, 2.24) is 10.6 Å². The topological polar surface area (TPSA) is 46.4 Å². The van der Waals surface area contributed by atoms with Crippen LogP contribution in [0.1, 0.15) is 13.8 Å². The number of hydrogen-bond donors (Lipinski definition) is 2. The molecule has 0 saturated carbocycles. The maximum Gasteiger partial charge on any atom is 0.0757 e. The van der Waals surface area contributed by atoms with Crippen molar-refractivity contribution < 1.29 is 5.11 Å². The number of nitrogens with zero attached hydrogens (tertiary/aromatic N) is 1. The largest absolute Gasteiger partial charge is 0.389 e. The molecule has 1 aliphatic rings. The van der Waals surface area contributed by atoms with Gasteiger partial charge in [0.1, 0.15) is 0 Å². The van der Waals surface area contributed by atoms with E-state index in [1.165, 1.54) is 0 Å². The molecule has 0 aromatic carbocycles. The first kappa shape index (κ1) is 7.98. The van der Waals surface area contributed by atoms with Gasteiger partial charge in [0.2, 0.25) is 0 Å². The summed E-state index contributed by atoms with van der Waals surface area (Å²) in [4.78, 5) is 0. The smallest absolute Gasteiger partial charge is 0.0757 e. The fraction of sp³-hybridized carbons (Fsp3) is 1.00. The van der Waals surface area contributed by atoms with Gasteiger partial charge in [-0.1, -0.05) is 0 Å². The molecule has 1 atom stereocenters. The van der Waals surface area contributed by atoms with Gasteiger partial charge in [-0.05, 0) is 13.8 Å². The fourth-order valence-corrected chi connectivity index (χ4v) is 1.08. The van der Waals surface area contributed by atoms with Crippen LogP contribution in [0, 0.1) is 0 Å². The quantitative estimate of drug-likeness (QED) is 0.511. The van der Waals surface area contributed by atoms with Crippen LogP contribution in [0.15, 0.2) is 0 Å². The SMILES string of the molecule is CC(C)(O)C1C[N]CCN1.